The van der Waals surface area contributed by atoms with Gasteiger partial charge in [-0.15, -0.1) is 0 Å². The first-order valence-electron chi connectivity index (χ1n) is 5.29. The minimum absolute atomic E-state index is 0.0776. The summed E-state index contributed by atoms with van der Waals surface area (Å²) in [7, 11) is 3.13. The Kier molecular flexibility index (Phi) is 4.06. The molecule has 1 aromatic heterocycles. The zero-order valence-electron chi connectivity index (χ0n) is 10.4. The molecule has 0 saturated heterocycles. The topological polar surface area (TPSA) is 56.1 Å². The number of carbonyl (C=O) groups excluding carboxylic acids is 1. The van der Waals surface area contributed by atoms with Gasteiger partial charge in [-0.2, -0.15) is 5.10 Å². The predicted octanol–water partition coefficient (Wildman–Crippen LogP) is 0.822. The normalized spacial score (nSPS) is 14.6. The van der Waals surface area contributed by atoms with E-state index in [0.29, 0.717) is 0 Å². The van der Waals surface area contributed by atoms with Crippen molar-refractivity contribution in [3.05, 3.63) is 17.5 Å². The Hall–Kier alpha value is -1.36. The van der Waals surface area contributed by atoms with E-state index >= 15 is 0 Å². The van der Waals surface area contributed by atoms with Gasteiger partial charge in [0.05, 0.1) is 18.8 Å². The summed E-state index contributed by atoms with van der Waals surface area (Å²) in [6, 6.07) is 1.52. The number of esters is 1. The number of methoxy groups -OCH3 is 1. The standard InChI is InChI=1S/C11H19N3O2/c1-7-6-8(2)14(13-7)9(3)10(12-4)11(15)16-5/h6,9-10,12H,1-5H3. The molecule has 0 aliphatic carbocycles. The summed E-state index contributed by atoms with van der Waals surface area (Å²) in [5, 5.41) is 7.32. The van der Waals surface area contributed by atoms with Gasteiger partial charge in [0.25, 0.3) is 0 Å². The smallest absolute Gasteiger partial charge is 0.325 e. The summed E-state index contributed by atoms with van der Waals surface area (Å²) in [6.45, 7) is 5.85. The van der Waals surface area contributed by atoms with Crippen molar-refractivity contribution in [3.63, 3.8) is 0 Å². The first-order valence-corrected chi connectivity index (χ1v) is 5.29. The van der Waals surface area contributed by atoms with Crippen molar-refractivity contribution in [2.75, 3.05) is 14.2 Å². The highest BCUT2D eigenvalue weighted by Gasteiger charge is 2.26. The molecular formula is C11H19N3O2. The monoisotopic (exact) mass is 225 g/mol. The van der Waals surface area contributed by atoms with E-state index in [0.717, 1.165) is 11.4 Å². The van der Waals surface area contributed by atoms with Crippen LogP contribution >= 0.6 is 0 Å². The second-order valence-electron chi connectivity index (χ2n) is 3.90. The molecule has 0 aromatic carbocycles. The van der Waals surface area contributed by atoms with Crippen molar-refractivity contribution in [3.8, 4) is 0 Å². The van der Waals surface area contributed by atoms with Gasteiger partial charge in [-0.05, 0) is 33.9 Å². The van der Waals surface area contributed by atoms with Crippen LogP contribution in [0.5, 0.6) is 0 Å². The van der Waals surface area contributed by atoms with Crippen LogP contribution in [0.25, 0.3) is 0 Å². The number of carbonyl (C=O) groups is 1. The molecule has 90 valence electrons. The summed E-state index contributed by atoms with van der Waals surface area (Å²) < 4.78 is 6.59. The molecule has 0 amide bonds. The van der Waals surface area contributed by atoms with Gasteiger partial charge in [-0.1, -0.05) is 0 Å². The lowest BCUT2D eigenvalue weighted by Crippen LogP contribution is -2.42. The highest BCUT2D eigenvalue weighted by atomic mass is 16.5. The number of hydrogen-bond acceptors (Lipinski definition) is 4. The number of aryl methyl sites for hydroxylation is 2. The Morgan fingerprint density at radius 2 is 2.19 bits per heavy atom. The molecule has 0 saturated carbocycles. The van der Waals surface area contributed by atoms with Crippen LogP contribution < -0.4 is 5.32 Å². The summed E-state index contributed by atoms with van der Waals surface area (Å²) in [6.07, 6.45) is 0. The molecule has 0 fully saturated rings. The first kappa shape index (κ1) is 12.7. The van der Waals surface area contributed by atoms with E-state index in [4.69, 9.17) is 4.74 Å². The van der Waals surface area contributed by atoms with Crippen LogP contribution in [-0.2, 0) is 9.53 Å². The van der Waals surface area contributed by atoms with Crippen LogP contribution in [-0.4, -0.2) is 35.9 Å². The Balaban J connectivity index is 2.95. The van der Waals surface area contributed by atoms with E-state index in [1.54, 1.807) is 7.05 Å². The molecule has 5 heteroatoms. The number of rotatable bonds is 4. The third-order valence-electron chi connectivity index (χ3n) is 2.68. The predicted molar refractivity (Wildman–Crippen MR) is 61.3 cm³/mol. The lowest BCUT2D eigenvalue weighted by atomic mass is 10.1. The molecule has 16 heavy (non-hydrogen) atoms. The van der Waals surface area contributed by atoms with E-state index in [1.165, 1.54) is 7.11 Å². The molecule has 0 aliphatic heterocycles. The average Bonchev–Trinajstić information content (AvgIpc) is 2.58. The van der Waals surface area contributed by atoms with Crippen LogP contribution in [0.15, 0.2) is 6.07 Å². The van der Waals surface area contributed by atoms with Gasteiger partial charge < -0.3 is 10.1 Å². The van der Waals surface area contributed by atoms with Crippen LogP contribution in [0.4, 0.5) is 0 Å². The Morgan fingerprint density at radius 1 is 1.56 bits per heavy atom. The quantitative estimate of drug-likeness (QED) is 0.771. The Morgan fingerprint density at radius 3 is 2.56 bits per heavy atom. The van der Waals surface area contributed by atoms with E-state index in [9.17, 15) is 4.79 Å². The minimum atomic E-state index is -0.386. The molecular weight excluding hydrogens is 206 g/mol. The number of hydrogen-bond donors (Lipinski definition) is 1. The summed E-state index contributed by atoms with van der Waals surface area (Å²) in [5.41, 5.74) is 1.98. The van der Waals surface area contributed by atoms with Gasteiger partial charge in [-0.25, -0.2) is 0 Å². The zero-order chi connectivity index (χ0) is 12.3. The van der Waals surface area contributed by atoms with Gasteiger partial charge in [-0.3, -0.25) is 9.48 Å². The fourth-order valence-electron chi connectivity index (χ4n) is 1.88. The fourth-order valence-corrected chi connectivity index (χ4v) is 1.88. The maximum absolute atomic E-state index is 11.6. The second-order valence-corrected chi connectivity index (χ2v) is 3.90. The number of ether oxygens (including phenoxy) is 1. The van der Waals surface area contributed by atoms with Gasteiger partial charge in [0.15, 0.2) is 0 Å². The summed E-state index contributed by atoms with van der Waals surface area (Å²) in [5.74, 6) is -0.275. The van der Waals surface area contributed by atoms with Crippen LogP contribution in [0.3, 0.4) is 0 Å². The van der Waals surface area contributed by atoms with Crippen molar-refractivity contribution in [2.45, 2.75) is 32.9 Å². The van der Waals surface area contributed by atoms with Crippen LogP contribution in [0.1, 0.15) is 24.4 Å². The largest absolute Gasteiger partial charge is 0.468 e. The first-order chi connectivity index (χ1) is 7.51. The highest BCUT2D eigenvalue weighted by Crippen LogP contribution is 2.15. The Labute approximate surface area is 95.8 Å². The second kappa shape index (κ2) is 5.12. The lowest BCUT2D eigenvalue weighted by Gasteiger charge is -2.22. The number of nitrogens with one attached hydrogen (secondary N) is 1. The SMILES string of the molecule is CNC(C(=O)OC)C(C)n1nc(C)cc1C. The number of aromatic nitrogens is 2. The molecule has 1 heterocycles. The maximum atomic E-state index is 11.6. The maximum Gasteiger partial charge on any atom is 0.325 e. The highest BCUT2D eigenvalue weighted by molar-refractivity contribution is 5.76. The van der Waals surface area contributed by atoms with Crippen LogP contribution in [0.2, 0.25) is 0 Å². The van der Waals surface area contributed by atoms with Gasteiger partial charge in [0, 0.05) is 5.69 Å². The summed E-state index contributed by atoms with van der Waals surface area (Å²) in [4.78, 5) is 11.6. The van der Waals surface area contributed by atoms with E-state index in [2.05, 4.69) is 10.4 Å². The van der Waals surface area contributed by atoms with Crippen LogP contribution in [0, 0.1) is 13.8 Å². The molecule has 1 N–H and O–H groups in total. The summed E-state index contributed by atoms with van der Waals surface area (Å²) >= 11 is 0. The van der Waals surface area contributed by atoms with Crippen molar-refractivity contribution in [2.24, 2.45) is 0 Å². The van der Waals surface area contributed by atoms with Gasteiger partial charge in [0.2, 0.25) is 0 Å². The Bertz CT molecular complexity index is 373. The fraction of sp³-hybridized carbons (Fsp3) is 0.636. The molecule has 0 radical (unpaired) electrons. The van der Waals surface area contributed by atoms with E-state index in [1.807, 2.05) is 31.5 Å². The molecule has 0 aliphatic rings. The molecule has 1 aromatic rings. The molecule has 2 unspecified atom stereocenters. The van der Waals surface area contributed by atoms with Gasteiger partial charge >= 0.3 is 5.97 Å². The number of likely N-dealkylation sites (N-methyl/N-ethyl adjacent to an activating group) is 1. The zero-order valence-corrected chi connectivity index (χ0v) is 10.4. The molecule has 5 nitrogen and oxygen atoms in total. The molecule has 2 atom stereocenters. The van der Waals surface area contributed by atoms with Gasteiger partial charge in [0.1, 0.15) is 6.04 Å². The minimum Gasteiger partial charge on any atom is -0.468 e. The third kappa shape index (κ3) is 2.41. The third-order valence-corrected chi connectivity index (χ3v) is 2.68. The van der Waals surface area contributed by atoms with Crippen molar-refractivity contribution in [1.29, 1.82) is 0 Å². The molecule has 0 spiro atoms. The van der Waals surface area contributed by atoms with Crippen molar-refractivity contribution < 1.29 is 9.53 Å². The average molecular weight is 225 g/mol. The van der Waals surface area contributed by atoms with E-state index in [-0.39, 0.29) is 18.1 Å². The van der Waals surface area contributed by atoms with E-state index < -0.39 is 0 Å². The number of nitrogens with zero attached hydrogens (tertiary/aromatic N) is 2. The molecule has 1 rings (SSSR count). The lowest BCUT2D eigenvalue weighted by molar-refractivity contribution is -0.144. The van der Waals surface area contributed by atoms with Crippen molar-refractivity contribution in [1.82, 2.24) is 15.1 Å². The molecule has 0 bridgehead atoms. The van der Waals surface area contributed by atoms with Crippen molar-refractivity contribution >= 4 is 5.97 Å².